The maximum Gasteiger partial charge on any atom is 0.330 e. The van der Waals surface area contributed by atoms with Crippen molar-refractivity contribution in [1.29, 1.82) is 0 Å². The van der Waals surface area contributed by atoms with E-state index in [0.29, 0.717) is 18.9 Å². The van der Waals surface area contributed by atoms with Gasteiger partial charge in [-0.2, -0.15) is 0 Å². The van der Waals surface area contributed by atoms with Gasteiger partial charge in [0.05, 0.1) is 6.54 Å². The van der Waals surface area contributed by atoms with E-state index in [1.807, 2.05) is 72.2 Å². The fraction of sp³-hybridized carbons (Fsp3) is 0.296. The number of hydrogen-bond acceptors (Lipinski definition) is 4. The summed E-state index contributed by atoms with van der Waals surface area (Å²) in [6.45, 7) is 6.60. The molecule has 4 rings (SSSR count). The number of rotatable bonds is 8. The second-order valence-electron chi connectivity index (χ2n) is 9.22. The molecule has 0 radical (unpaired) electrons. The highest BCUT2D eigenvalue weighted by molar-refractivity contribution is 5.96. The highest BCUT2D eigenvalue weighted by atomic mass is 16.2. The van der Waals surface area contributed by atoms with Gasteiger partial charge in [0.15, 0.2) is 5.69 Å². The average molecular weight is 474 g/mol. The molecule has 0 aliphatic heterocycles. The van der Waals surface area contributed by atoms with Crippen molar-refractivity contribution in [2.75, 3.05) is 17.2 Å². The van der Waals surface area contributed by atoms with Crippen LogP contribution in [-0.2, 0) is 17.9 Å². The summed E-state index contributed by atoms with van der Waals surface area (Å²) in [5, 5.41) is 1.04. The van der Waals surface area contributed by atoms with Gasteiger partial charge >= 0.3 is 5.69 Å². The molecule has 0 saturated heterocycles. The van der Waals surface area contributed by atoms with Crippen LogP contribution in [0.2, 0.25) is 0 Å². The Kier molecular flexibility index (Phi) is 6.91. The number of carbonyl (C=O) groups excluding carboxylic acids is 1. The Labute approximate surface area is 203 Å². The number of para-hydroxylation sites is 1. The van der Waals surface area contributed by atoms with Crippen LogP contribution in [0.15, 0.2) is 70.3 Å². The molecule has 0 atom stereocenters. The van der Waals surface area contributed by atoms with Crippen LogP contribution in [0.25, 0.3) is 10.9 Å². The van der Waals surface area contributed by atoms with Crippen LogP contribution < -0.4 is 21.9 Å². The number of hydrogen-bond donors (Lipinski definition) is 2. The van der Waals surface area contributed by atoms with Crippen LogP contribution in [0.3, 0.4) is 0 Å². The second-order valence-corrected chi connectivity index (χ2v) is 9.22. The number of nitrogens with one attached hydrogen (secondary N) is 1. The lowest BCUT2D eigenvalue weighted by Gasteiger charge is -2.26. The molecule has 0 spiro atoms. The van der Waals surface area contributed by atoms with E-state index in [2.05, 4.69) is 18.8 Å². The molecule has 2 aromatic carbocycles. The van der Waals surface area contributed by atoms with Gasteiger partial charge in [-0.3, -0.25) is 19.1 Å². The number of amides is 1. The zero-order chi connectivity index (χ0) is 25.1. The van der Waals surface area contributed by atoms with Crippen LogP contribution in [0.4, 0.5) is 11.5 Å². The average Bonchev–Trinajstić information content (AvgIpc) is 3.14. The zero-order valence-corrected chi connectivity index (χ0v) is 20.3. The fourth-order valence-electron chi connectivity index (χ4n) is 4.29. The molecule has 0 bridgehead atoms. The van der Waals surface area contributed by atoms with Crippen LogP contribution in [0.5, 0.6) is 0 Å². The maximum atomic E-state index is 13.7. The third-order valence-electron chi connectivity index (χ3n) is 6.21. The highest BCUT2D eigenvalue weighted by Gasteiger charge is 2.25. The Morgan fingerprint density at radius 2 is 1.71 bits per heavy atom. The quantitative estimate of drug-likeness (QED) is 0.408. The molecule has 0 fully saturated rings. The molecule has 0 aliphatic rings. The van der Waals surface area contributed by atoms with Crippen LogP contribution in [-0.4, -0.2) is 26.6 Å². The fourth-order valence-corrected chi connectivity index (χ4v) is 4.29. The van der Waals surface area contributed by atoms with Crippen molar-refractivity contribution >= 4 is 28.3 Å². The largest absolute Gasteiger partial charge is 0.383 e. The van der Waals surface area contributed by atoms with Gasteiger partial charge in [-0.15, -0.1) is 0 Å². The number of carbonyl (C=O) groups is 1. The minimum atomic E-state index is -0.664. The number of aryl methyl sites for hydroxylation is 1. The molecule has 182 valence electrons. The number of fused-ring (bicyclic) bond motifs is 1. The molecule has 2 aromatic heterocycles. The van der Waals surface area contributed by atoms with E-state index < -0.39 is 11.2 Å². The molecule has 35 heavy (non-hydrogen) atoms. The number of aromatic amines is 1. The molecule has 8 nitrogen and oxygen atoms in total. The van der Waals surface area contributed by atoms with Gasteiger partial charge in [0.25, 0.3) is 5.56 Å². The Balaban J connectivity index is 1.76. The zero-order valence-electron chi connectivity index (χ0n) is 20.3. The number of nitrogen functional groups attached to an aromatic ring is 1. The SMILES string of the molecule is Cc1cc2ccccc2n1CC(=O)N(CCC(C)C)c1c(N)n(Cc2ccccc2)c(=O)[nH]c1=O. The third kappa shape index (κ3) is 5.06. The number of nitrogens with zero attached hydrogens (tertiary/aromatic N) is 3. The predicted octanol–water partition coefficient (Wildman–Crippen LogP) is 3.51. The topological polar surface area (TPSA) is 106 Å². The first-order valence-electron chi connectivity index (χ1n) is 11.8. The Morgan fingerprint density at radius 1 is 1.03 bits per heavy atom. The Bertz CT molecular complexity index is 1460. The summed E-state index contributed by atoms with van der Waals surface area (Å²) in [6.07, 6.45) is 0.674. The first-order chi connectivity index (χ1) is 16.8. The minimum absolute atomic E-state index is 0.0142. The normalized spacial score (nSPS) is 11.3. The Hall–Kier alpha value is -4.07. The maximum absolute atomic E-state index is 13.7. The van der Waals surface area contributed by atoms with E-state index in [4.69, 9.17) is 5.73 Å². The number of anilines is 2. The number of benzene rings is 2. The number of aromatic nitrogens is 3. The first-order valence-corrected chi connectivity index (χ1v) is 11.8. The number of H-pyrrole nitrogens is 1. The lowest BCUT2D eigenvalue weighted by atomic mass is 10.1. The summed E-state index contributed by atoms with van der Waals surface area (Å²) in [5.74, 6) is 0.0148. The van der Waals surface area contributed by atoms with Crippen molar-refractivity contribution < 1.29 is 4.79 Å². The van der Waals surface area contributed by atoms with E-state index >= 15 is 0 Å². The number of nitrogens with two attached hydrogens (primary N) is 1. The van der Waals surface area contributed by atoms with Gasteiger partial charge in [0, 0.05) is 17.8 Å². The van der Waals surface area contributed by atoms with Crippen molar-refractivity contribution in [2.45, 2.75) is 40.3 Å². The molecule has 2 heterocycles. The van der Waals surface area contributed by atoms with E-state index in [1.54, 1.807) is 0 Å². The molecule has 0 saturated carbocycles. The van der Waals surface area contributed by atoms with Gasteiger partial charge in [-0.1, -0.05) is 62.4 Å². The minimum Gasteiger partial charge on any atom is -0.383 e. The molecule has 0 aliphatic carbocycles. The molecule has 0 unspecified atom stereocenters. The summed E-state index contributed by atoms with van der Waals surface area (Å²) in [4.78, 5) is 43.1. The summed E-state index contributed by atoms with van der Waals surface area (Å²) >= 11 is 0. The molecule has 3 N–H and O–H groups in total. The van der Waals surface area contributed by atoms with Gasteiger partial charge in [0.1, 0.15) is 12.4 Å². The van der Waals surface area contributed by atoms with Crippen LogP contribution in [0.1, 0.15) is 31.5 Å². The standard InChI is InChI=1S/C27H31N5O3/c1-18(2)13-14-30(23(33)17-31-19(3)15-21-11-7-8-12-22(21)31)24-25(28)32(27(35)29-26(24)34)16-20-9-5-4-6-10-20/h4-12,15,18H,13-14,16-17,28H2,1-3H3,(H,29,34,35). The summed E-state index contributed by atoms with van der Waals surface area (Å²) in [6, 6.07) is 19.3. The van der Waals surface area contributed by atoms with Crippen molar-refractivity contribution in [2.24, 2.45) is 5.92 Å². The van der Waals surface area contributed by atoms with Crippen molar-refractivity contribution in [1.82, 2.24) is 14.1 Å². The van der Waals surface area contributed by atoms with E-state index in [1.165, 1.54) is 9.47 Å². The van der Waals surface area contributed by atoms with Gasteiger partial charge in [0.2, 0.25) is 5.91 Å². The molecular weight excluding hydrogens is 442 g/mol. The van der Waals surface area contributed by atoms with E-state index in [9.17, 15) is 14.4 Å². The van der Waals surface area contributed by atoms with Crippen LogP contribution in [0, 0.1) is 12.8 Å². The van der Waals surface area contributed by atoms with Gasteiger partial charge < -0.3 is 15.2 Å². The van der Waals surface area contributed by atoms with Gasteiger partial charge in [-0.05, 0) is 42.3 Å². The summed E-state index contributed by atoms with van der Waals surface area (Å²) < 4.78 is 3.24. The Morgan fingerprint density at radius 3 is 2.43 bits per heavy atom. The second kappa shape index (κ2) is 10.0. The summed E-state index contributed by atoms with van der Waals surface area (Å²) in [7, 11) is 0. The molecule has 8 heteroatoms. The predicted molar refractivity (Wildman–Crippen MR) is 140 cm³/mol. The lowest BCUT2D eigenvalue weighted by Crippen LogP contribution is -2.43. The smallest absolute Gasteiger partial charge is 0.330 e. The van der Waals surface area contributed by atoms with Crippen LogP contribution >= 0.6 is 0 Å². The monoisotopic (exact) mass is 473 g/mol. The molecule has 4 aromatic rings. The summed E-state index contributed by atoms with van der Waals surface area (Å²) in [5.41, 5.74) is 7.90. The molecular formula is C27H31N5O3. The van der Waals surface area contributed by atoms with E-state index in [0.717, 1.165) is 22.2 Å². The van der Waals surface area contributed by atoms with Crippen molar-refractivity contribution in [3.05, 3.63) is 92.8 Å². The first kappa shape index (κ1) is 24.1. The molecule has 1 amide bonds. The van der Waals surface area contributed by atoms with Gasteiger partial charge in [-0.25, -0.2) is 4.79 Å². The van der Waals surface area contributed by atoms with Crippen molar-refractivity contribution in [3.63, 3.8) is 0 Å². The lowest BCUT2D eigenvalue weighted by molar-refractivity contribution is -0.119. The van der Waals surface area contributed by atoms with Crippen molar-refractivity contribution in [3.8, 4) is 0 Å². The highest BCUT2D eigenvalue weighted by Crippen LogP contribution is 2.23. The third-order valence-corrected chi connectivity index (χ3v) is 6.21. The van der Waals surface area contributed by atoms with E-state index in [-0.39, 0.29) is 30.5 Å².